The first kappa shape index (κ1) is 16.8. The predicted molar refractivity (Wildman–Crippen MR) is 93.1 cm³/mol. The van der Waals surface area contributed by atoms with E-state index in [0.717, 1.165) is 11.3 Å². The second-order valence-electron chi connectivity index (χ2n) is 5.02. The second-order valence-corrected chi connectivity index (χ2v) is 5.42. The zero-order valence-electron chi connectivity index (χ0n) is 12.9. The number of hydrogen-bond acceptors (Lipinski definition) is 4. The number of hydrogen-bond donors (Lipinski definition) is 3. The SMILES string of the molecule is C/C(=N\NC(=O)CNc1cccc(Cl)c1C)c1ccccc1O. The summed E-state index contributed by atoms with van der Waals surface area (Å²) in [6, 6.07) is 12.3. The van der Waals surface area contributed by atoms with E-state index in [4.69, 9.17) is 11.6 Å². The molecule has 0 aliphatic rings. The average molecular weight is 332 g/mol. The maximum absolute atomic E-state index is 11.9. The number of para-hydroxylation sites is 1. The number of anilines is 1. The van der Waals surface area contributed by atoms with Crippen LogP contribution in [0.3, 0.4) is 0 Å². The largest absolute Gasteiger partial charge is 0.507 e. The number of nitrogens with zero attached hydrogens (tertiary/aromatic N) is 1. The van der Waals surface area contributed by atoms with Gasteiger partial charge in [0.1, 0.15) is 5.75 Å². The van der Waals surface area contributed by atoms with Gasteiger partial charge in [-0.3, -0.25) is 4.79 Å². The molecule has 2 aromatic carbocycles. The Labute approximate surface area is 140 Å². The van der Waals surface area contributed by atoms with Crippen molar-refractivity contribution in [3.05, 3.63) is 58.6 Å². The molecule has 0 saturated carbocycles. The van der Waals surface area contributed by atoms with Gasteiger partial charge in [0, 0.05) is 16.3 Å². The van der Waals surface area contributed by atoms with Crippen molar-refractivity contribution in [1.29, 1.82) is 0 Å². The Balaban J connectivity index is 1.94. The number of carbonyl (C=O) groups excluding carboxylic acids is 1. The normalized spacial score (nSPS) is 11.2. The number of carbonyl (C=O) groups is 1. The van der Waals surface area contributed by atoms with E-state index in [1.54, 1.807) is 37.3 Å². The molecular weight excluding hydrogens is 314 g/mol. The predicted octanol–water partition coefficient (Wildman–Crippen LogP) is 3.31. The van der Waals surface area contributed by atoms with E-state index < -0.39 is 0 Å². The number of amides is 1. The molecule has 120 valence electrons. The number of nitrogens with one attached hydrogen (secondary N) is 2. The van der Waals surface area contributed by atoms with E-state index in [-0.39, 0.29) is 18.2 Å². The Kier molecular flexibility index (Phi) is 5.60. The molecule has 5 nitrogen and oxygen atoms in total. The van der Waals surface area contributed by atoms with Gasteiger partial charge in [0.2, 0.25) is 0 Å². The molecule has 0 bridgehead atoms. The lowest BCUT2D eigenvalue weighted by molar-refractivity contribution is -0.119. The van der Waals surface area contributed by atoms with Crippen molar-refractivity contribution >= 4 is 28.9 Å². The highest BCUT2D eigenvalue weighted by Gasteiger charge is 2.06. The summed E-state index contributed by atoms with van der Waals surface area (Å²) in [6.07, 6.45) is 0. The van der Waals surface area contributed by atoms with Crippen molar-refractivity contribution in [2.75, 3.05) is 11.9 Å². The topological polar surface area (TPSA) is 73.7 Å². The third kappa shape index (κ3) is 4.47. The van der Waals surface area contributed by atoms with Crippen LogP contribution in [0.4, 0.5) is 5.69 Å². The minimum Gasteiger partial charge on any atom is -0.507 e. The molecule has 0 unspecified atom stereocenters. The summed E-state index contributed by atoms with van der Waals surface area (Å²) in [6.45, 7) is 3.66. The maximum atomic E-state index is 11.9. The van der Waals surface area contributed by atoms with E-state index in [2.05, 4.69) is 15.8 Å². The van der Waals surface area contributed by atoms with Crippen LogP contribution in [0.2, 0.25) is 5.02 Å². The monoisotopic (exact) mass is 331 g/mol. The molecule has 0 heterocycles. The minimum atomic E-state index is -0.292. The first-order chi connectivity index (χ1) is 11.0. The molecule has 0 aliphatic carbocycles. The molecule has 0 saturated heterocycles. The number of aromatic hydroxyl groups is 1. The Bertz CT molecular complexity index is 744. The molecule has 0 aromatic heterocycles. The molecule has 2 rings (SSSR count). The number of hydrazone groups is 1. The quantitative estimate of drug-likeness (QED) is 0.581. The van der Waals surface area contributed by atoms with Gasteiger partial charge in [-0.25, -0.2) is 5.43 Å². The fourth-order valence-corrected chi connectivity index (χ4v) is 2.17. The fourth-order valence-electron chi connectivity index (χ4n) is 2.00. The van der Waals surface area contributed by atoms with Crippen LogP contribution < -0.4 is 10.7 Å². The standard InChI is InChI=1S/C17H18ClN3O2/c1-11-14(18)7-5-8-15(11)19-10-17(23)21-20-12(2)13-6-3-4-9-16(13)22/h3-9,19,22H,10H2,1-2H3,(H,21,23)/b20-12+. The number of rotatable bonds is 5. The Morgan fingerprint density at radius 2 is 1.96 bits per heavy atom. The van der Waals surface area contributed by atoms with Gasteiger partial charge in [0.15, 0.2) is 0 Å². The molecule has 0 aliphatic heterocycles. The molecule has 3 N–H and O–H groups in total. The highest BCUT2D eigenvalue weighted by molar-refractivity contribution is 6.31. The summed E-state index contributed by atoms with van der Waals surface area (Å²) in [5.74, 6) is -0.171. The van der Waals surface area contributed by atoms with Gasteiger partial charge in [-0.2, -0.15) is 5.10 Å². The van der Waals surface area contributed by atoms with Gasteiger partial charge in [0.25, 0.3) is 5.91 Å². The van der Waals surface area contributed by atoms with E-state index in [1.165, 1.54) is 0 Å². The van der Waals surface area contributed by atoms with Gasteiger partial charge < -0.3 is 10.4 Å². The number of benzene rings is 2. The highest BCUT2D eigenvalue weighted by Crippen LogP contribution is 2.22. The first-order valence-corrected chi connectivity index (χ1v) is 7.47. The van der Waals surface area contributed by atoms with E-state index >= 15 is 0 Å². The smallest absolute Gasteiger partial charge is 0.259 e. The summed E-state index contributed by atoms with van der Waals surface area (Å²) in [5, 5.41) is 17.4. The molecular formula is C17H18ClN3O2. The molecule has 1 amide bonds. The molecule has 2 aromatic rings. The lowest BCUT2D eigenvalue weighted by Gasteiger charge is -2.10. The van der Waals surface area contributed by atoms with Crippen molar-refractivity contribution in [3.63, 3.8) is 0 Å². The summed E-state index contributed by atoms with van der Waals surface area (Å²) < 4.78 is 0. The number of halogens is 1. The lowest BCUT2D eigenvalue weighted by Crippen LogP contribution is -2.27. The zero-order valence-corrected chi connectivity index (χ0v) is 13.7. The molecule has 0 fully saturated rings. The molecule has 23 heavy (non-hydrogen) atoms. The van der Waals surface area contributed by atoms with Crippen molar-refractivity contribution in [2.45, 2.75) is 13.8 Å². The van der Waals surface area contributed by atoms with E-state index in [9.17, 15) is 9.90 Å². The van der Waals surface area contributed by atoms with E-state index in [0.29, 0.717) is 16.3 Å². The fraction of sp³-hybridized carbons (Fsp3) is 0.176. The zero-order chi connectivity index (χ0) is 16.8. The summed E-state index contributed by atoms with van der Waals surface area (Å²) in [5.41, 5.74) is 5.24. The molecule has 6 heteroatoms. The molecule has 0 radical (unpaired) electrons. The number of phenols is 1. The van der Waals surface area contributed by atoms with E-state index in [1.807, 2.05) is 19.1 Å². The van der Waals surface area contributed by atoms with Crippen LogP contribution >= 0.6 is 11.6 Å². The molecule has 0 atom stereocenters. The number of phenolic OH excluding ortho intramolecular Hbond substituents is 1. The van der Waals surface area contributed by atoms with Crippen LogP contribution in [0.25, 0.3) is 0 Å². The van der Waals surface area contributed by atoms with Crippen LogP contribution in [-0.2, 0) is 4.79 Å². The second kappa shape index (κ2) is 7.65. The maximum Gasteiger partial charge on any atom is 0.259 e. The van der Waals surface area contributed by atoms with Crippen molar-refractivity contribution in [1.82, 2.24) is 5.43 Å². The average Bonchev–Trinajstić information content (AvgIpc) is 2.54. The Morgan fingerprint density at radius 3 is 2.70 bits per heavy atom. The van der Waals surface area contributed by atoms with Crippen molar-refractivity contribution < 1.29 is 9.90 Å². The summed E-state index contributed by atoms with van der Waals surface area (Å²) in [7, 11) is 0. The van der Waals surface area contributed by atoms with Gasteiger partial charge in [-0.15, -0.1) is 0 Å². The van der Waals surface area contributed by atoms with Crippen molar-refractivity contribution in [2.24, 2.45) is 5.10 Å². The lowest BCUT2D eigenvalue weighted by atomic mass is 10.1. The van der Waals surface area contributed by atoms with Crippen LogP contribution in [0.5, 0.6) is 5.75 Å². The first-order valence-electron chi connectivity index (χ1n) is 7.09. The van der Waals surface area contributed by atoms with Crippen LogP contribution in [0, 0.1) is 6.92 Å². The summed E-state index contributed by atoms with van der Waals surface area (Å²) in [4.78, 5) is 11.9. The Morgan fingerprint density at radius 1 is 1.22 bits per heavy atom. The van der Waals surface area contributed by atoms with Gasteiger partial charge in [0.05, 0.1) is 12.3 Å². The van der Waals surface area contributed by atoms with Crippen LogP contribution in [0.15, 0.2) is 47.6 Å². The van der Waals surface area contributed by atoms with Gasteiger partial charge >= 0.3 is 0 Å². The molecule has 0 spiro atoms. The van der Waals surface area contributed by atoms with Crippen LogP contribution in [-0.4, -0.2) is 23.3 Å². The third-order valence-corrected chi connectivity index (χ3v) is 3.76. The highest BCUT2D eigenvalue weighted by atomic mass is 35.5. The minimum absolute atomic E-state index is 0.0682. The summed E-state index contributed by atoms with van der Waals surface area (Å²) >= 11 is 6.03. The third-order valence-electron chi connectivity index (χ3n) is 3.35. The van der Waals surface area contributed by atoms with Gasteiger partial charge in [-0.05, 0) is 43.7 Å². The van der Waals surface area contributed by atoms with Gasteiger partial charge in [-0.1, -0.05) is 29.8 Å². The van der Waals surface area contributed by atoms with Crippen molar-refractivity contribution in [3.8, 4) is 5.75 Å². The Hall–Kier alpha value is -2.53. The van der Waals surface area contributed by atoms with Crippen LogP contribution in [0.1, 0.15) is 18.1 Å².